The van der Waals surface area contributed by atoms with Crippen LogP contribution in [0.15, 0.2) is 12.2 Å². The van der Waals surface area contributed by atoms with E-state index in [9.17, 15) is 0 Å². The summed E-state index contributed by atoms with van der Waals surface area (Å²) in [5.41, 5.74) is 0.406. The average molecular weight is 257 g/mol. The largest absolute Gasteiger partial charge is 0.377 e. The van der Waals surface area contributed by atoms with Crippen LogP contribution in [0.5, 0.6) is 0 Å². The Morgan fingerprint density at radius 1 is 0.889 bits per heavy atom. The lowest BCUT2D eigenvalue weighted by Gasteiger charge is -2.20. The predicted molar refractivity (Wildman–Crippen MR) is 78.0 cm³/mol. The summed E-state index contributed by atoms with van der Waals surface area (Å²) in [6.07, 6.45) is 4.03. The first kappa shape index (κ1) is 17.6. The maximum atomic E-state index is 5.52. The van der Waals surface area contributed by atoms with Crippen molar-refractivity contribution in [2.75, 3.05) is 33.0 Å². The van der Waals surface area contributed by atoms with Gasteiger partial charge in [0.2, 0.25) is 0 Å². The van der Waals surface area contributed by atoms with E-state index in [0.29, 0.717) is 13.2 Å². The first-order valence-electron chi connectivity index (χ1n) is 6.76. The molecule has 0 unspecified atom stereocenters. The Labute approximate surface area is 113 Å². The molecule has 0 rings (SSSR count). The Morgan fingerprint density at radius 2 is 1.44 bits per heavy atom. The minimum absolute atomic E-state index is 0.167. The molecule has 0 aliphatic carbocycles. The van der Waals surface area contributed by atoms with Crippen LogP contribution in [0.4, 0.5) is 0 Å². The molecule has 0 saturated carbocycles. The van der Waals surface area contributed by atoms with Gasteiger partial charge in [-0.25, -0.2) is 0 Å². The van der Waals surface area contributed by atoms with Crippen molar-refractivity contribution in [3.8, 4) is 0 Å². The Balaban J connectivity index is 3.29. The molecule has 3 nitrogen and oxygen atoms in total. The summed E-state index contributed by atoms with van der Waals surface area (Å²) < 4.78 is 11.0. The Kier molecular flexibility index (Phi) is 8.49. The van der Waals surface area contributed by atoms with Crippen LogP contribution in [-0.4, -0.2) is 38.5 Å². The zero-order chi connectivity index (χ0) is 14.1. The lowest BCUT2D eigenvalue weighted by molar-refractivity contribution is 0.0903. The van der Waals surface area contributed by atoms with Crippen LogP contribution in [-0.2, 0) is 9.47 Å². The highest BCUT2D eigenvalue weighted by atomic mass is 16.5. The Morgan fingerprint density at radius 3 is 1.94 bits per heavy atom. The highest BCUT2D eigenvalue weighted by Crippen LogP contribution is 2.12. The number of nitrogens with one attached hydrogen (secondary N) is 1. The van der Waals surface area contributed by atoms with Crippen LogP contribution < -0.4 is 5.32 Å². The van der Waals surface area contributed by atoms with Gasteiger partial charge in [-0.3, -0.25) is 0 Å². The molecule has 0 bridgehead atoms. The van der Waals surface area contributed by atoms with Crippen molar-refractivity contribution in [1.82, 2.24) is 5.32 Å². The molecule has 0 aromatic rings. The summed E-state index contributed by atoms with van der Waals surface area (Å²) in [6, 6.07) is 0. The lowest BCUT2D eigenvalue weighted by Crippen LogP contribution is -2.37. The van der Waals surface area contributed by atoms with Crippen LogP contribution in [0.3, 0.4) is 0 Å². The minimum Gasteiger partial charge on any atom is -0.377 e. The smallest absolute Gasteiger partial charge is 0.0648 e. The van der Waals surface area contributed by atoms with Gasteiger partial charge in [-0.1, -0.05) is 32.9 Å². The summed E-state index contributed by atoms with van der Waals surface area (Å²) in [5.74, 6) is 0. The van der Waals surface area contributed by atoms with Crippen LogP contribution in [0.2, 0.25) is 0 Å². The van der Waals surface area contributed by atoms with E-state index < -0.39 is 0 Å². The molecule has 0 aromatic heterocycles. The van der Waals surface area contributed by atoms with E-state index in [2.05, 4.69) is 46.9 Å². The molecular formula is C15H31NO2. The Hall–Kier alpha value is -0.380. The van der Waals surface area contributed by atoms with Gasteiger partial charge in [0.05, 0.1) is 26.4 Å². The molecular weight excluding hydrogens is 226 g/mol. The molecule has 0 fully saturated rings. The molecule has 3 heteroatoms. The topological polar surface area (TPSA) is 30.5 Å². The normalized spacial score (nSPS) is 13.4. The van der Waals surface area contributed by atoms with E-state index in [0.717, 1.165) is 19.8 Å². The Bertz CT molecular complexity index is 224. The van der Waals surface area contributed by atoms with Crippen molar-refractivity contribution < 1.29 is 9.47 Å². The first-order chi connectivity index (χ1) is 8.21. The van der Waals surface area contributed by atoms with E-state index >= 15 is 0 Å². The molecule has 0 aliphatic rings. The average Bonchev–Trinajstić information content (AvgIpc) is 2.17. The first-order valence-corrected chi connectivity index (χ1v) is 6.76. The molecule has 0 aliphatic heterocycles. The second-order valence-electron chi connectivity index (χ2n) is 6.80. The third-order valence-corrected chi connectivity index (χ3v) is 2.03. The summed E-state index contributed by atoms with van der Waals surface area (Å²) in [4.78, 5) is 0. The van der Waals surface area contributed by atoms with Crippen molar-refractivity contribution in [1.29, 1.82) is 0 Å². The maximum absolute atomic E-state index is 5.52. The second kappa shape index (κ2) is 8.68. The summed E-state index contributed by atoms with van der Waals surface area (Å²) >= 11 is 0. The number of hydrogen-bond acceptors (Lipinski definition) is 3. The van der Waals surface area contributed by atoms with E-state index in [-0.39, 0.29) is 11.0 Å². The molecule has 0 aromatic carbocycles. The van der Waals surface area contributed by atoms with Gasteiger partial charge in [0.1, 0.15) is 0 Å². The monoisotopic (exact) mass is 257 g/mol. The summed E-state index contributed by atoms with van der Waals surface area (Å²) in [5, 5.41) is 3.38. The zero-order valence-electron chi connectivity index (χ0n) is 13.0. The van der Waals surface area contributed by atoms with E-state index in [4.69, 9.17) is 9.47 Å². The molecule has 0 saturated heterocycles. The molecule has 18 heavy (non-hydrogen) atoms. The molecule has 0 atom stereocenters. The third kappa shape index (κ3) is 15.6. The van der Waals surface area contributed by atoms with Crippen molar-refractivity contribution in [3.63, 3.8) is 0 Å². The number of hydrogen-bond donors (Lipinski definition) is 1. The summed E-state index contributed by atoms with van der Waals surface area (Å²) in [6.45, 7) is 16.7. The highest BCUT2D eigenvalue weighted by molar-refractivity contribution is 4.81. The molecule has 0 amide bonds. The molecule has 1 N–H and O–H groups in total. The molecule has 0 heterocycles. The fourth-order valence-corrected chi connectivity index (χ4v) is 1.22. The van der Waals surface area contributed by atoms with Crippen molar-refractivity contribution in [3.05, 3.63) is 12.2 Å². The predicted octanol–water partition coefficient (Wildman–Crippen LogP) is 3.01. The van der Waals surface area contributed by atoms with E-state index in [1.807, 2.05) is 12.2 Å². The fraction of sp³-hybridized carbons (Fsp3) is 0.867. The van der Waals surface area contributed by atoms with Gasteiger partial charge in [0.15, 0.2) is 0 Å². The molecule has 108 valence electrons. The van der Waals surface area contributed by atoms with Crippen LogP contribution in [0.25, 0.3) is 0 Å². The highest BCUT2D eigenvalue weighted by Gasteiger charge is 2.08. The summed E-state index contributed by atoms with van der Waals surface area (Å²) in [7, 11) is 0. The minimum atomic E-state index is 0.167. The standard InChI is InChI=1S/C15H31NO2/c1-14(2,3)13-18-11-8-7-10-17-12-9-16-15(4,5)6/h7-8,16H,9-13H2,1-6H3/b8-7-. The van der Waals surface area contributed by atoms with Crippen LogP contribution in [0, 0.1) is 5.41 Å². The lowest BCUT2D eigenvalue weighted by atomic mass is 9.99. The maximum Gasteiger partial charge on any atom is 0.0648 e. The van der Waals surface area contributed by atoms with Gasteiger partial charge >= 0.3 is 0 Å². The molecule has 0 spiro atoms. The SMILES string of the molecule is CC(C)(C)COC/C=C\COCCNC(C)(C)C. The quantitative estimate of drug-likeness (QED) is 0.535. The third-order valence-electron chi connectivity index (χ3n) is 2.03. The van der Waals surface area contributed by atoms with Crippen LogP contribution in [0.1, 0.15) is 41.5 Å². The fourth-order valence-electron chi connectivity index (χ4n) is 1.22. The van der Waals surface area contributed by atoms with Gasteiger partial charge in [-0.2, -0.15) is 0 Å². The van der Waals surface area contributed by atoms with Gasteiger partial charge in [-0.15, -0.1) is 0 Å². The van der Waals surface area contributed by atoms with Gasteiger partial charge < -0.3 is 14.8 Å². The number of ether oxygens (including phenoxy) is 2. The van der Waals surface area contributed by atoms with E-state index in [1.165, 1.54) is 0 Å². The number of rotatable bonds is 8. The van der Waals surface area contributed by atoms with Crippen LogP contribution >= 0.6 is 0 Å². The van der Waals surface area contributed by atoms with Gasteiger partial charge in [0, 0.05) is 12.1 Å². The second-order valence-corrected chi connectivity index (χ2v) is 6.80. The zero-order valence-corrected chi connectivity index (χ0v) is 13.0. The van der Waals surface area contributed by atoms with E-state index in [1.54, 1.807) is 0 Å². The molecule has 0 radical (unpaired) electrons. The van der Waals surface area contributed by atoms with Gasteiger partial charge in [0.25, 0.3) is 0 Å². The van der Waals surface area contributed by atoms with Gasteiger partial charge in [-0.05, 0) is 26.2 Å². The van der Waals surface area contributed by atoms with Crippen molar-refractivity contribution in [2.24, 2.45) is 5.41 Å². The van der Waals surface area contributed by atoms with Crippen molar-refractivity contribution >= 4 is 0 Å². The van der Waals surface area contributed by atoms with Crippen molar-refractivity contribution in [2.45, 2.75) is 47.1 Å².